The molecule has 1 saturated carbocycles. The van der Waals surface area contributed by atoms with Gasteiger partial charge in [0, 0.05) is 11.1 Å². The van der Waals surface area contributed by atoms with Gasteiger partial charge < -0.3 is 10.1 Å². The standard InChI is InChI=1S/C18H23ClN4O2S/c1-12-4-2-3-5-15(12)20-17(24)11-26-18-21-16(22-23-18)10-25-14-8-6-13(19)7-9-14/h6-9,12,15H,2-5,10-11H2,1H3,(H,20,24)(H,21,22,23). The molecule has 2 atom stereocenters. The Kier molecular flexibility index (Phi) is 6.80. The van der Waals surface area contributed by atoms with Gasteiger partial charge in [0.25, 0.3) is 0 Å². The Morgan fingerprint density at radius 3 is 2.88 bits per heavy atom. The summed E-state index contributed by atoms with van der Waals surface area (Å²) in [6.45, 7) is 2.49. The SMILES string of the molecule is CC1CCCCC1NC(=O)CSc1n[nH]c(COc2ccc(Cl)cc2)n1. The number of carbonyl (C=O) groups is 1. The molecule has 1 heterocycles. The second kappa shape index (κ2) is 9.28. The van der Waals surface area contributed by atoms with E-state index in [0.717, 1.165) is 6.42 Å². The molecule has 0 bridgehead atoms. The van der Waals surface area contributed by atoms with E-state index in [2.05, 4.69) is 27.4 Å². The molecule has 2 unspecified atom stereocenters. The number of aromatic amines is 1. The molecule has 0 aliphatic heterocycles. The molecule has 8 heteroatoms. The summed E-state index contributed by atoms with van der Waals surface area (Å²) in [5.74, 6) is 2.23. The zero-order valence-corrected chi connectivity index (χ0v) is 16.3. The van der Waals surface area contributed by atoms with Crippen molar-refractivity contribution >= 4 is 29.3 Å². The maximum Gasteiger partial charge on any atom is 0.230 e. The quantitative estimate of drug-likeness (QED) is 0.697. The van der Waals surface area contributed by atoms with Crippen molar-refractivity contribution in [3.8, 4) is 5.75 Å². The number of ether oxygens (including phenoxy) is 1. The molecule has 0 saturated heterocycles. The van der Waals surface area contributed by atoms with Gasteiger partial charge in [0.2, 0.25) is 11.1 Å². The maximum atomic E-state index is 12.1. The highest BCUT2D eigenvalue weighted by Crippen LogP contribution is 2.24. The Morgan fingerprint density at radius 2 is 2.12 bits per heavy atom. The normalized spacial score (nSPS) is 19.9. The minimum absolute atomic E-state index is 0.0394. The lowest BCUT2D eigenvalue weighted by atomic mass is 9.86. The van der Waals surface area contributed by atoms with Crippen LogP contribution in [0.25, 0.3) is 0 Å². The van der Waals surface area contributed by atoms with E-state index < -0.39 is 0 Å². The fourth-order valence-electron chi connectivity index (χ4n) is 3.00. The molecule has 1 aliphatic rings. The van der Waals surface area contributed by atoms with Crippen molar-refractivity contribution in [2.75, 3.05) is 5.75 Å². The first kappa shape index (κ1) is 19.0. The van der Waals surface area contributed by atoms with Crippen LogP contribution >= 0.6 is 23.4 Å². The van der Waals surface area contributed by atoms with Gasteiger partial charge in [0.05, 0.1) is 5.75 Å². The lowest BCUT2D eigenvalue weighted by Crippen LogP contribution is -2.41. The van der Waals surface area contributed by atoms with Gasteiger partial charge in [0.15, 0.2) is 5.82 Å². The number of thioether (sulfide) groups is 1. The lowest BCUT2D eigenvalue weighted by Gasteiger charge is -2.29. The molecule has 1 fully saturated rings. The molecule has 3 rings (SSSR count). The van der Waals surface area contributed by atoms with Crippen LogP contribution in [0.4, 0.5) is 0 Å². The Hall–Kier alpha value is -1.73. The lowest BCUT2D eigenvalue weighted by molar-refractivity contribution is -0.119. The van der Waals surface area contributed by atoms with E-state index in [9.17, 15) is 4.79 Å². The van der Waals surface area contributed by atoms with Crippen LogP contribution in [-0.2, 0) is 11.4 Å². The second-order valence-corrected chi connectivity index (χ2v) is 7.91. The van der Waals surface area contributed by atoms with Gasteiger partial charge in [0.1, 0.15) is 12.4 Å². The van der Waals surface area contributed by atoms with Crippen LogP contribution in [0.2, 0.25) is 5.02 Å². The summed E-state index contributed by atoms with van der Waals surface area (Å²) in [7, 11) is 0. The molecule has 1 amide bonds. The van der Waals surface area contributed by atoms with Crippen molar-refractivity contribution in [1.82, 2.24) is 20.5 Å². The number of benzene rings is 1. The van der Waals surface area contributed by atoms with Crippen LogP contribution < -0.4 is 10.1 Å². The van der Waals surface area contributed by atoms with Crippen molar-refractivity contribution in [1.29, 1.82) is 0 Å². The van der Waals surface area contributed by atoms with Crippen LogP contribution in [0, 0.1) is 5.92 Å². The van der Waals surface area contributed by atoms with E-state index in [1.54, 1.807) is 24.3 Å². The molecule has 6 nitrogen and oxygen atoms in total. The third kappa shape index (κ3) is 5.64. The van der Waals surface area contributed by atoms with E-state index in [-0.39, 0.29) is 12.5 Å². The van der Waals surface area contributed by atoms with Gasteiger partial charge in [-0.3, -0.25) is 9.89 Å². The molecule has 2 N–H and O–H groups in total. The Labute approximate surface area is 162 Å². The molecule has 1 aromatic carbocycles. The minimum Gasteiger partial charge on any atom is -0.486 e. The molecular weight excluding hydrogens is 372 g/mol. The van der Waals surface area contributed by atoms with Crippen LogP contribution in [0.3, 0.4) is 0 Å². The summed E-state index contributed by atoms with van der Waals surface area (Å²) in [5, 5.41) is 11.3. The summed E-state index contributed by atoms with van der Waals surface area (Å²) in [4.78, 5) is 16.5. The number of rotatable bonds is 7. The first-order valence-electron chi connectivity index (χ1n) is 8.82. The summed E-state index contributed by atoms with van der Waals surface area (Å²) < 4.78 is 5.62. The average Bonchev–Trinajstić information content (AvgIpc) is 3.09. The van der Waals surface area contributed by atoms with Crippen molar-refractivity contribution in [2.24, 2.45) is 5.92 Å². The average molecular weight is 395 g/mol. The molecule has 2 aromatic rings. The number of amides is 1. The molecule has 1 aliphatic carbocycles. The predicted octanol–water partition coefficient (Wildman–Crippen LogP) is 3.82. The van der Waals surface area contributed by atoms with Crippen molar-refractivity contribution in [3.63, 3.8) is 0 Å². The summed E-state index contributed by atoms with van der Waals surface area (Å²) in [5.41, 5.74) is 0. The van der Waals surface area contributed by atoms with Crippen LogP contribution in [0.15, 0.2) is 29.4 Å². The van der Waals surface area contributed by atoms with Gasteiger partial charge in [-0.1, -0.05) is 43.1 Å². The van der Waals surface area contributed by atoms with Gasteiger partial charge in [-0.2, -0.15) is 0 Å². The number of hydrogen-bond donors (Lipinski definition) is 2. The highest BCUT2D eigenvalue weighted by molar-refractivity contribution is 7.99. The molecule has 26 heavy (non-hydrogen) atoms. The van der Waals surface area contributed by atoms with E-state index in [1.807, 2.05) is 0 Å². The smallest absolute Gasteiger partial charge is 0.230 e. The highest BCUT2D eigenvalue weighted by Gasteiger charge is 2.22. The van der Waals surface area contributed by atoms with Gasteiger partial charge in [-0.25, -0.2) is 4.98 Å². The van der Waals surface area contributed by atoms with Gasteiger partial charge in [-0.15, -0.1) is 5.10 Å². The van der Waals surface area contributed by atoms with Crippen LogP contribution in [-0.4, -0.2) is 32.9 Å². The van der Waals surface area contributed by atoms with Crippen LogP contribution in [0.5, 0.6) is 5.75 Å². The highest BCUT2D eigenvalue weighted by atomic mass is 35.5. The first-order valence-corrected chi connectivity index (χ1v) is 10.2. The summed E-state index contributed by atoms with van der Waals surface area (Å²) >= 11 is 7.17. The zero-order chi connectivity index (χ0) is 18.4. The Bertz CT molecular complexity index is 722. The molecule has 0 spiro atoms. The molecular formula is C18H23ClN4O2S. The fourth-order valence-corrected chi connectivity index (χ4v) is 3.75. The third-order valence-electron chi connectivity index (χ3n) is 4.49. The van der Waals surface area contributed by atoms with Crippen LogP contribution in [0.1, 0.15) is 38.4 Å². The number of aromatic nitrogens is 3. The van der Waals surface area contributed by atoms with Gasteiger partial charge >= 0.3 is 0 Å². The van der Waals surface area contributed by atoms with Crippen molar-refractivity contribution in [2.45, 2.75) is 50.4 Å². The van der Waals surface area contributed by atoms with Gasteiger partial charge in [-0.05, 0) is 43.0 Å². The number of H-pyrrole nitrogens is 1. The van der Waals surface area contributed by atoms with Crippen molar-refractivity contribution in [3.05, 3.63) is 35.1 Å². The predicted molar refractivity (Wildman–Crippen MR) is 102 cm³/mol. The minimum atomic E-state index is 0.0394. The molecule has 140 valence electrons. The number of carbonyl (C=O) groups excluding carboxylic acids is 1. The largest absolute Gasteiger partial charge is 0.486 e. The van der Waals surface area contributed by atoms with E-state index in [4.69, 9.17) is 16.3 Å². The number of hydrogen-bond acceptors (Lipinski definition) is 5. The Morgan fingerprint density at radius 1 is 1.35 bits per heavy atom. The third-order valence-corrected chi connectivity index (χ3v) is 5.59. The first-order chi connectivity index (χ1) is 12.6. The molecule has 1 aromatic heterocycles. The zero-order valence-electron chi connectivity index (χ0n) is 14.7. The van der Waals surface area contributed by atoms with E-state index in [1.165, 1.54) is 31.0 Å². The summed E-state index contributed by atoms with van der Waals surface area (Å²) in [6.07, 6.45) is 4.72. The molecule has 0 radical (unpaired) electrons. The number of nitrogens with zero attached hydrogens (tertiary/aromatic N) is 2. The fraction of sp³-hybridized carbons (Fsp3) is 0.500. The van der Waals surface area contributed by atoms with E-state index >= 15 is 0 Å². The summed E-state index contributed by atoms with van der Waals surface area (Å²) in [6, 6.07) is 7.43. The Balaban J connectivity index is 1.41. The van der Waals surface area contributed by atoms with E-state index in [0.29, 0.717) is 39.5 Å². The number of nitrogens with one attached hydrogen (secondary N) is 2. The second-order valence-electron chi connectivity index (χ2n) is 6.53. The topological polar surface area (TPSA) is 79.9 Å². The number of halogens is 1. The maximum absolute atomic E-state index is 12.1. The monoisotopic (exact) mass is 394 g/mol. The van der Waals surface area contributed by atoms with Crippen molar-refractivity contribution < 1.29 is 9.53 Å².